The van der Waals surface area contributed by atoms with Gasteiger partial charge in [-0.1, -0.05) is 17.3 Å². The predicted molar refractivity (Wildman–Crippen MR) is 89.0 cm³/mol. The van der Waals surface area contributed by atoms with Gasteiger partial charge in [0.05, 0.1) is 10.2 Å². The molecule has 6 nitrogen and oxygen atoms in total. The first kappa shape index (κ1) is 13.7. The number of hydrogen-bond acceptors (Lipinski definition) is 5. The van der Waals surface area contributed by atoms with Gasteiger partial charge < -0.3 is 16.3 Å². The number of carbonyl (C=O) groups is 1. The third-order valence-corrected chi connectivity index (χ3v) is 4.94. The average Bonchev–Trinajstić information content (AvgIpc) is 3.12. The Balaban J connectivity index is 1.86. The molecule has 1 aromatic heterocycles. The topological polar surface area (TPSA) is 101 Å². The highest BCUT2D eigenvalue weighted by Gasteiger charge is 2.34. The number of nitrogens with two attached hydrogens (primary N) is 1. The molecule has 0 spiro atoms. The van der Waals surface area contributed by atoms with Crippen LogP contribution in [-0.2, 0) is 4.79 Å². The Bertz CT molecular complexity index is 931. The van der Waals surface area contributed by atoms with Crippen LogP contribution >= 0.6 is 11.3 Å². The van der Waals surface area contributed by atoms with E-state index < -0.39 is 5.92 Å². The zero-order valence-corrected chi connectivity index (χ0v) is 12.7. The number of hydrogen-bond donors (Lipinski definition) is 3. The van der Waals surface area contributed by atoms with Gasteiger partial charge in [0.25, 0.3) is 0 Å². The normalized spacial score (nSPS) is 17.3. The van der Waals surface area contributed by atoms with Crippen molar-refractivity contribution in [1.29, 1.82) is 0 Å². The fourth-order valence-corrected chi connectivity index (χ4v) is 3.82. The minimum Gasteiger partial charge on any atom is -0.409 e. The Labute approximate surface area is 135 Å². The summed E-state index contributed by atoms with van der Waals surface area (Å²) in [5, 5.41) is 15.4. The molecule has 0 bridgehead atoms. The highest BCUT2D eigenvalue weighted by Crippen LogP contribution is 2.40. The van der Waals surface area contributed by atoms with Crippen molar-refractivity contribution >= 4 is 39.0 Å². The fourth-order valence-electron chi connectivity index (χ4n) is 2.74. The van der Waals surface area contributed by atoms with E-state index in [-0.39, 0.29) is 11.7 Å². The van der Waals surface area contributed by atoms with Gasteiger partial charge in [-0.05, 0) is 35.9 Å². The number of aromatic nitrogens is 1. The van der Waals surface area contributed by atoms with Crippen LogP contribution in [0, 0.1) is 0 Å². The van der Waals surface area contributed by atoms with Crippen LogP contribution in [0.2, 0.25) is 0 Å². The number of benzene rings is 2. The summed E-state index contributed by atoms with van der Waals surface area (Å²) in [5.41, 5.74) is 8.61. The molecule has 1 aliphatic heterocycles. The molecule has 4 N–H and O–H groups in total. The lowest BCUT2D eigenvalue weighted by Crippen LogP contribution is -2.14. The van der Waals surface area contributed by atoms with Gasteiger partial charge in [-0.3, -0.25) is 4.79 Å². The first-order chi connectivity index (χ1) is 11.2. The smallest absolute Gasteiger partial charge is 0.238 e. The Morgan fingerprint density at radius 2 is 2.13 bits per heavy atom. The number of anilines is 1. The maximum atomic E-state index is 12.4. The zero-order chi connectivity index (χ0) is 16.0. The third-order valence-electron chi connectivity index (χ3n) is 3.84. The van der Waals surface area contributed by atoms with Crippen LogP contribution in [0.1, 0.15) is 22.1 Å². The molecule has 0 aliphatic carbocycles. The van der Waals surface area contributed by atoms with E-state index in [1.54, 1.807) is 18.2 Å². The van der Waals surface area contributed by atoms with Gasteiger partial charge in [0.2, 0.25) is 5.91 Å². The van der Waals surface area contributed by atoms with Crippen LogP contribution in [0.25, 0.3) is 10.2 Å². The Hall–Kier alpha value is -2.93. The highest BCUT2D eigenvalue weighted by atomic mass is 32.1. The molecular weight excluding hydrogens is 312 g/mol. The van der Waals surface area contributed by atoms with Crippen molar-refractivity contribution in [3.05, 3.63) is 58.6 Å². The molecule has 1 unspecified atom stereocenters. The number of amidine groups is 1. The van der Waals surface area contributed by atoms with Gasteiger partial charge >= 0.3 is 0 Å². The molecule has 0 fully saturated rings. The Morgan fingerprint density at radius 1 is 1.30 bits per heavy atom. The Morgan fingerprint density at radius 3 is 2.91 bits per heavy atom. The van der Waals surface area contributed by atoms with E-state index in [0.717, 1.165) is 26.5 Å². The van der Waals surface area contributed by atoms with E-state index in [0.29, 0.717) is 5.56 Å². The van der Waals surface area contributed by atoms with Crippen LogP contribution in [0.3, 0.4) is 0 Å². The number of nitrogens with zero attached hydrogens (tertiary/aromatic N) is 2. The molecule has 1 aliphatic rings. The molecule has 0 radical (unpaired) electrons. The summed E-state index contributed by atoms with van der Waals surface area (Å²) in [7, 11) is 0. The monoisotopic (exact) mass is 324 g/mol. The van der Waals surface area contributed by atoms with E-state index in [4.69, 9.17) is 10.9 Å². The number of nitrogens with one attached hydrogen (secondary N) is 1. The maximum absolute atomic E-state index is 12.4. The van der Waals surface area contributed by atoms with E-state index >= 15 is 0 Å². The number of carbonyl (C=O) groups excluding carboxylic acids is 1. The molecule has 4 rings (SSSR count). The van der Waals surface area contributed by atoms with Crippen molar-refractivity contribution in [2.45, 2.75) is 5.92 Å². The van der Waals surface area contributed by atoms with Gasteiger partial charge in [0, 0.05) is 11.3 Å². The lowest BCUT2D eigenvalue weighted by molar-refractivity contribution is -0.116. The maximum Gasteiger partial charge on any atom is 0.238 e. The molecule has 23 heavy (non-hydrogen) atoms. The highest BCUT2D eigenvalue weighted by molar-refractivity contribution is 7.18. The summed E-state index contributed by atoms with van der Waals surface area (Å²) in [6.45, 7) is 0. The third kappa shape index (κ3) is 2.13. The van der Waals surface area contributed by atoms with Crippen LogP contribution in [-0.4, -0.2) is 21.9 Å². The van der Waals surface area contributed by atoms with E-state index in [2.05, 4.69) is 15.5 Å². The molecule has 1 amide bonds. The van der Waals surface area contributed by atoms with Gasteiger partial charge in [-0.15, -0.1) is 11.3 Å². The second-order valence-electron chi connectivity index (χ2n) is 5.23. The summed E-state index contributed by atoms with van der Waals surface area (Å²) in [4.78, 5) is 17.0. The summed E-state index contributed by atoms with van der Waals surface area (Å²) >= 11 is 1.50. The number of thiazole rings is 1. The number of rotatable bonds is 2. The number of amides is 1. The minimum atomic E-state index is -0.478. The number of fused-ring (bicyclic) bond motifs is 2. The number of oxime groups is 1. The van der Waals surface area contributed by atoms with Crippen LogP contribution in [0.5, 0.6) is 0 Å². The lowest BCUT2D eigenvalue weighted by Gasteiger charge is -2.06. The first-order valence-corrected chi connectivity index (χ1v) is 7.77. The number of para-hydroxylation sites is 1. The molecule has 2 aromatic carbocycles. The predicted octanol–water partition coefficient (Wildman–Crippen LogP) is 2.47. The quantitative estimate of drug-likeness (QED) is 0.292. The van der Waals surface area contributed by atoms with Gasteiger partial charge in [0.15, 0.2) is 5.84 Å². The van der Waals surface area contributed by atoms with Crippen molar-refractivity contribution in [2.24, 2.45) is 10.9 Å². The summed E-state index contributed by atoms with van der Waals surface area (Å²) < 4.78 is 1.04. The second kappa shape index (κ2) is 5.06. The average molecular weight is 324 g/mol. The summed E-state index contributed by atoms with van der Waals surface area (Å²) in [5.74, 6) is -0.584. The van der Waals surface area contributed by atoms with E-state index in [1.807, 2.05) is 24.3 Å². The molecule has 0 saturated heterocycles. The van der Waals surface area contributed by atoms with Crippen LogP contribution < -0.4 is 11.1 Å². The first-order valence-electron chi connectivity index (χ1n) is 6.95. The lowest BCUT2D eigenvalue weighted by atomic mass is 9.99. The van der Waals surface area contributed by atoms with Gasteiger partial charge in [-0.25, -0.2) is 4.98 Å². The zero-order valence-electron chi connectivity index (χ0n) is 11.9. The Kier molecular flexibility index (Phi) is 3.02. The van der Waals surface area contributed by atoms with Gasteiger partial charge in [0.1, 0.15) is 10.9 Å². The fraction of sp³-hybridized carbons (Fsp3) is 0.0625. The standard InChI is InChI=1S/C16H12N4O2S/c17-14(20-22)8-5-6-10-9(7-8)13(15(21)18-10)16-19-11-3-1-2-4-12(11)23-16/h1-7,13,22H,(H2,17,20)(H,18,21). The summed E-state index contributed by atoms with van der Waals surface area (Å²) in [6.07, 6.45) is 0. The van der Waals surface area contributed by atoms with E-state index in [1.165, 1.54) is 11.3 Å². The van der Waals surface area contributed by atoms with Crippen molar-refractivity contribution in [3.63, 3.8) is 0 Å². The molecule has 7 heteroatoms. The van der Waals surface area contributed by atoms with Crippen molar-refractivity contribution < 1.29 is 10.0 Å². The van der Waals surface area contributed by atoms with Crippen molar-refractivity contribution in [1.82, 2.24) is 4.98 Å². The van der Waals surface area contributed by atoms with Crippen LogP contribution in [0.15, 0.2) is 47.6 Å². The minimum absolute atomic E-state index is 0.00944. The van der Waals surface area contributed by atoms with Gasteiger partial charge in [-0.2, -0.15) is 0 Å². The largest absolute Gasteiger partial charge is 0.409 e. The molecule has 114 valence electrons. The molecule has 2 heterocycles. The van der Waals surface area contributed by atoms with Crippen molar-refractivity contribution in [3.8, 4) is 0 Å². The molecule has 0 saturated carbocycles. The van der Waals surface area contributed by atoms with E-state index in [9.17, 15) is 4.79 Å². The second-order valence-corrected chi connectivity index (χ2v) is 6.29. The van der Waals surface area contributed by atoms with Crippen LogP contribution in [0.4, 0.5) is 5.69 Å². The molecular formula is C16H12N4O2S. The van der Waals surface area contributed by atoms with Crippen molar-refractivity contribution in [2.75, 3.05) is 5.32 Å². The SMILES string of the molecule is N/C(=N/O)c1ccc2c(c1)C(c1nc3ccccc3s1)C(=O)N2. The summed E-state index contributed by atoms with van der Waals surface area (Å²) in [6, 6.07) is 13.0. The molecule has 3 aromatic rings. The molecule has 1 atom stereocenters.